The van der Waals surface area contributed by atoms with Crippen LogP contribution in [0.3, 0.4) is 0 Å². The van der Waals surface area contributed by atoms with Crippen molar-refractivity contribution in [1.82, 2.24) is 20.1 Å². The van der Waals surface area contributed by atoms with Crippen molar-refractivity contribution in [3.05, 3.63) is 84.4 Å². The largest absolute Gasteiger partial charge is 0.353 e. The van der Waals surface area contributed by atoms with E-state index in [9.17, 15) is 14.4 Å². The van der Waals surface area contributed by atoms with E-state index in [-0.39, 0.29) is 12.5 Å². The van der Waals surface area contributed by atoms with E-state index in [1.54, 1.807) is 11.8 Å². The minimum absolute atomic E-state index is 0.239. The molecule has 3 aromatic carbocycles. The summed E-state index contributed by atoms with van der Waals surface area (Å²) in [4.78, 5) is 49.0. The molecule has 0 radical (unpaired) electrons. The van der Waals surface area contributed by atoms with Crippen LogP contribution in [0.5, 0.6) is 0 Å². The molecule has 0 saturated carbocycles. The molecule has 2 saturated heterocycles. The van der Waals surface area contributed by atoms with Crippen molar-refractivity contribution < 1.29 is 14.4 Å². The van der Waals surface area contributed by atoms with Gasteiger partial charge in [-0.25, -0.2) is 9.78 Å². The van der Waals surface area contributed by atoms with Gasteiger partial charge in [0.15, 0.2) is 0 Å². The zero-order valence-electron chi connectivity index (χ0n) is 20.6. The Morgan fingerprint density at radius 3 is 2.32 bits per heavy atom. The van der Waals surface area contributed by atoms with Crippen LogP contribution in [0.25, 0.3) is 21.7 Å². The van der Waals surface area contributed by atoms with E-state index in [1.165, 1.54) is 0 Å². The first-order chi connectivity index (χ1) is 17.9. The molecule has 2 fully saturated rings. The first-order valence-corrected chi connectivity index (χ1v) is 12.4. The van der Waals surface area contributed by atoms with E-state index < -0.39 is 17.5 Å². The number of para-hydroxylation sites is 1. The molecule has 4 amide bonds. The molecule has 1 unspecified atom stereocenters. The molecule has 1 N–H and O–H groups in total. The normalized spacial score (nSPS) is 20.1. The van der Waals surface area contributed by atoms with Gasteiger partial charge in [0.1, 0.15) is 17.9 Å². The van der Waals surface area contributed by atoms with Crippen LogP contribution in [0.1, 0.15) is 12.5 Å². The second kappa shape index (κ2) is 8.89. The first kappa shape index (κ1) is 23.0. The van der Waals surface area contributed by atoms with E-state index in [2.05, 4.69) is 16.3 Å². The van der Waals surface area contributed by atoms with Crippen LogP contribution in [0.4, 0.5) is 10.6 Å². The minimum Gasteiger partial charge on any atom is -0.353 e. The molecule has 1 aromatic heterocycles. The van der Waals surface area contributed by atoms with E-state index in [0.717, 1.165) is 32.4 Å². The standard InChI is InChI=1S/C29H27N5O3/c1-29(23-12-10-20-6-2-3-8-22(20)18-23)27(36)34(28(37)31-29)19-26(35)33-16-14-32(15-17-33)25-13-11-21-7-4-5-9-24(21)30-25/h2-13,18H,14-17,19H2,1H3,(H,31,37). The molecule has 8 nitrogen and oxygen atoms in total. The summed E-state index contributed by atoms with van der Waals surface area (Å²) in [7, 11) is 0. The number of hydrogen-bond acceptors (Lipinski definition) is 5. The zero-order chi connectivity index (χ0) is 25.6. The number of anilines is 1. The molecular formula is C29H27N5O3. The number of imide groups is 1. The Morgan fingerprint density at radius 1 is 0.865 bits per heavy atom. The van der Waals surface area contributed by atoms with Gasteiger partial charge in [-0.15, -0.1) is 0 Å². The number of carbonyl (C=O) groups excluding carboxylic acids is 3. The fraction of sp³-hybridized carbons (Fsp3) is 0.241. The van der Waals surface area contributed by atoms with Gasteiger partial charge in [0, 0.05) is 31.6 Å². The fourth-order valence-electron chi connectivity index (χ4n) is 5.19. The van der Waals surface area contributed by atoms with Crippen molar-refractivity contribution in [3.8, 4) is 0 Å². The van der Waals surface area contributed by atoms with Gasteiger partial charge in [-0.05, 0) is 47.5 Å². The summed E-state index contributed by atoms with van der Waals surface area (Å²) < 4.78 is 0. The Morgan fingerprint density at radius 2 is 1.54 bits per heavy atom. The number of urea groups is 1. The summed E-state index contributed by atoms with van der Waals surface area (Å²) in [6.07, 6.45) is 0. The number of piperazine rings is 1. The Hall–Kier alpha value is -4.46. The summed E-state index contributed by atoms with van der Waals surface area (Å²) in [5, 5.41) is 5.94. The molecule has 0 bridgehead atoms. The molecule has 1 atom stereocenters. The summed E-state index contributed by atoms with van der Waals surface area (Å²) in [6.45, 7) is 3.68. The van der Waals surface area contributed by atoms with Crippen LogP contribution in [-0.4, -0.2) is 65.4 Å². The number of pyridine rings is 1. The average Bonchev–Trinajstić information content (AvgIpc) is 3.16. The zero-order valence-corrected chi connectivity index (χ0v) is 20.6. The number of hydrogen-bond donors (Lipinski definition) is 1. The predicted octanol–water partition coefficient (Wildman–Crippen LogP) is 3.50. The molecule has 0 aliphatic carbocycles. The Balaban J connectivity index is 1.12. The fourth-order valence-corrected chi connectivity index (χ4v) is 5.19. The predicted molar refractivity (Wildman–Crippen MR) is 142 cm³/mol. The summed E-state index contributed by atoms with van der Waals surface area (Å²) in [5.74, 6) is 0.226. The maximum absolute atomic E-state index is 13.4. The molecule has 3 heterocycles. The Bertz CT molecular complexity index is 1550. The highest BCUT2D eigenvalue weighted by molar-refractivity contribution is 6.09. The van der Waals surface area contributed by atoms with Crippen LogP contribution in [0, 0.1) is 0 Å². The molecule has 6 rings (SSSR count). The number of fused-ring (bicyclic) bond motifs is 2. The molecule has 4 aromatic rings. The van der Waals surface area contributed by atoms with E-state index >= 15 is 0 Å². The minimum atomic E-state index is -1.22. The number of rotatable bonds is 4. The molecule has 0 spiro atoms. The van der Waals surface area contributed by atoms with E-state index in [4.69, 9.17) is 4.98 Å². The number of nitrogens with one attached hydrogen (secondary N) is 1. The molecule has 186 valence electrons. The van der Waals surface area contributed by atoms with Gasteiger partial charge in [0.2, 0.25) is 5.91 Å². The lowest BCUT2D eigenvalue weighted by atomic mass is 9.90. The topological polar surface area (TPSA) is 85.8 Å². The van der Waals surface area contributed by atoms with Gasteiger partial charge in [0.25, 0.3) is 5.91 Å². The quantitative estimate of drug-likeness (QED) is 0.440. The highest BCUT2D eigenvalue weighted by atomic mass is 16.2. The summed E-state index contributed by atoms with van der Waals surface area (Å²) >= 11 is 0. The molecule has 37 heavy (non-hydrogen) atoms. The average molecular weight is 494 g/mol. The monoisotopic (exact) mass is 493 g/mol. The van der Waals surface area contributed by atoms with Gasteiger partial charge in [-0.3, -0.25) is 14.5 Å². The summed E-state index contributed by atoms with van der Waals surface area (Å²) in [5.41, 5.74) is 0.407. The van der Waals surface area contributed by atoms with Gasteiger partial charge < -0.3 is 15.1 Å². The van der Waals surface area contributed by atoms with Crippen LogP contribution in [-0.2, 0) is 15.1 Å². The number of benzene rings is 3. The maximum atomic E-state index is 13.4. The highest BCUT2D eigenvalue weighted by Crippen LogP contribution is 2.31. The lowest BCUT2D eigenvalue weighted by Gasteiger charge is -2.36. The third-order valence-electron chi connectivity index (χ3n) is 7.44. The highest BCUT2D eigenvalue weighted by Gasteiger charge is 2.49. The van der Waals surface area contributed by atoms with Crippen molar-refractivity contribution in [1.29, 1.82) is 0 Å². The van der Waals surface area contributed by atoms with E-state index in [0.29, 0.717) is 31.7 Å². The number of amides is 4. The molecule has 2 aliphatic rings. The van der Waals surface area contributed by atoms with Crippen LogP contribution in [0.15, 0.2) is 78.9 Å². The van der Waals surface area contributed by atoms with Gasteiger partial charge in [-0.2, -0.15) is 0 Å². The summed E-state index contributed by atoms with van der Waals surface area (Å²) in [6, 6.07) is 25.1. The number of aromatic nitrogens is 1. The SMILES string of the molecule is CC1(c2ccc3ccccc3c2)NC(=O)N(CC(=O)N2CCN(c3ccc4ccccc4n3)CC2)C1=O. The second-order valence-electron chi connectivity index (χ2n) is 9.74. The van der Waals surface area contributed by atoms with Crippen molar-refractivity contribution >= 4 is 45.3 Å². The van der Waals surface area contributed by atoms with Crippen molar-refractivity contribution in [2.75, 3.05) is 37.6 Å². The molecule has 8 heteroatoms. The third-order valence-corrected chi connectivity index (χ3v) is 7.44. The third kappa shape index (κ3) is 4.04. The van der Waals surface area contributed by atoms with Crippen molar-refractivity contribution in [2.45, 2.75) is 12.5 Å². The van der Waals surface area contributed by atoms with Crippen molar-refractivity contribution in [3.63, 3.8) is 0 Å². The van der Waals surface area contributed by atoms with E-state index in [1.807, 2.05) is 72.8 Å². The Labute approximate surface area is 214 Å². The van der Waals surface area contributed by atoms with Gasteiger partial charge >= 0.3 is 6.03 Å². The number of carbonyl (C=O) groups is 3. The van der Waals surface area contributed by atoms with Gasteiger partial charge in [0.05, 0.1) is 5.52 Å². The van der Waals surface area contributed by atoms with Gasteiger partial charge in [-0.1, -0.05) is 54.6 Å². The van der Waals surface area contributed by atoms with Crippen LogP contribution in [0.2, 0.25) is 0 Å². The first-order valence-electron chi connectivity index (χ1n) is 12.4. The molecule has 2 aliphatic heterocycles. The number of nitrogens with zero attached hydrogens (tertiary/aromatic N) is 4. The van der Waals surface area contributed by atoms with Crippen molar-refractivity contribution in [2.24, 2.45) is 0 Å². The second-order valence-corrected chi connectivity index (χ2v) is 9.74. The lowest BCUT2D eigenvalue weighted by Crippen LogP contribution is -2.52. The van der Waals surface area contributed by atoms with Crippen LogP contribution < -0.4 is 10.2 Å². The maximum Gasteiger partial charge on any atom is 0.325 e. The lowest BCUT2D eigenvalue weighted by molar-refractivity contribution is -0.139. The smallest absolute Gasteiger partial charge is 0.325 e. The van der Waals surface area contributed by atoms with Crippen LogP contribution >= 0.6 is 0 Å². The molecular weight excluding hydrogens is 466 g/mol. The Kier molecular flexibility index (Phi) is 5.52.